The predicted molar refractivity (Wildman–Crippen MR) is 94.0 cm³/mol. The van der Waals surface area contributed by atoms with E-state index in [1.807, 2.05) is 22.8 Å². The van der Waals surface area contributed by atoms with Gasteiger partial charge in [-0.3, -0.25) is 0 Å². The van der Waals surface area contributed by atoms with Gasteiger partial charge in [0, 0.05) is 26.7 Å². The summed E-state index contributed by atoms with van der Waals surface area (Å²) in [6, 6.07) is 10.2. The molecule has 1 N–H and O–H groups in total. The zero-order valence-corrected chi connectivity index (χ0v) is 14.6. The number of urea groups is 1. The van der Waals surface area contributed by atoms with Crippen LogP contribution in [0.3, 0.4) is 0 Å². The van der Waals surface area contributed by atoms with Crippen LogP contribution in [0, 0.1) is 0 Å². The maximum absolute atomic E-state index is 12.2. The summed E-state index contributed by atoms with van der Waals surface area (Å²) in [6.07, 6.45) is 4.86. The number of aryl methyl sites for hydroxylation is 2. The molecule has 1 unspecified atom stereocenters. The smallest absolute Gasteiger partial charge is 0.317 e. The number of amides is 2. The lowest BCUT2D eigenvalue weighted by Crippen LogP contribution is -2.41. The van der Waals surface area contributed by atoms with Crippen molar-refractivity contribution in [1.82, 2.24) is 25.0 Å². The van der Waals surface area contributed by atoms with E-state index in [9.17, 15) is 4.79 Å². The maximum atomic E-state index is 12.2. The number of nitrogens with one attached hydrogen (secondary N) is 1. The van der Waals surface area contributed by atoms with E-state index in [2.05, 4.69) is 27.6 Å². The van der Waals surface area contributed by atoms with E-state index in [0.29, 0.717) is 13.1 Å². The van der Waals surface area contributed by atoms with Gasteiger partial charge in [0.2, 0.25) is 0 Å². The van der Waals surface area contributed by atoms with E-state index in [1.54, 1.807) is 18.3 Å². The Balaban J connectivity index is 1.46. The molecule has 1 aliphatic heterocycles. The highest BCUT2D eigenvalue weighted by molar-refractivity contribution is 5.73. The normalized spacial score (nSPS) is 16.8. The van der Waals surface area contributed by atoms with Crippen LogP contribution in [0.1, 0.15) is 24.2 Å². The predicted octanol–water partition coefficient (Wildman–Crippen LogP) is 1.84. The van der Waals surface area contributed by atoms with Crippen molar-refractivity contribution in [3.05, 3.63) is 48.0 Å². The molecular weight excluding hydrogens is 318 g/mol. The number of benzene rings is 1. The molecule has 0 spiro atoms. The van der Waals surface area contributed by atoms with Crippen molar-refractivity contribution in [1.29, 1.82) is 0 Å². The highest BCUT2D eigenvalue weighted by Crippen LogP contribution is 2.12. The lowest BCUT2D eigenvalue weighted by atomic mass is 10.1. The fraction of sp³-hybridized carbons (Fsp3) is 0.500. The molecule has 1 fully saturated rings. The van der Waals surface area contributed by atoms with Gasteiger partial charge in [-0.15, -0.1) is 10.2 Å². The first-order valence-corrected chi connectivity index (χ1v) is 8.73. The minimum atomic E-state index is -0.117. The van der Waals surface area contributed by atoms with E-state index in [4.69, 9.17) is 4.74 Å². The van der Waals surface area contributed by atoms with Gasteiger partial charge >= 0.3 is 6.03 Å². The molecule has 2 aromatic rings. The minimum absolute atomic E-state index is 0.117. The molecule has 0 radical (unpaired) electrons. The first-order valence-electron chi connectivity index (χ1n) is 8.73. The van der Waals surface area contributed by atoms with Gasteiger partial charge in [-0.1, -0.05) is 30.3 Å². The molecule has 2 amide bonds. The maximum Gasteiger partial charge on any atom is 0.317 e. The highest BCUT2D eigenvalue weighted by atomic mass is 16.5. The number of nitrogens with zero attached hydrogens (tertiary/aromatic N) is 4. The summed E-state index contributed by atoms with van der Waals surface area (Å²) in [6.45, 7) is 2.56. The quantitative estimate of drug-likeness (QED) is 0.833. The minimum Gasteiger partial charge on any atom is -0.376 e. The summed E-state index contributed by atoms with van der Waals surface area (Å²) in [7, 11) is 1.79. The Hall–Kier alpha value is -2.41. The number of ether oxygens (including phenoxy) is 1. The summed E-state index contributed by atoms with van der Waals surface area (Å²) >= 11 is 0. The molecule has 0 saturated carbocycles. The highest BCUT2D eigenvalue weighted by Gasteiger charge is 2.20. The number of hydrogen-bond acceptors (Lipinski definition) is 4. The molecule has 1 saturated heterocycles. The Bertz CT molecular complexity index is 667. The van der Waals surface area contributed by atoms with E-state index in [-0.39, 0.29) is 12.1 Å². The third-order valence-corrected chi connectivity index (χ3v) is 4.43. The van der Waals surface area contributed by atoms with Crippen LogP contribution in [-0.2, 0) is 24.2 Å². The van der Waals surface area contributed by atoms with E-state index in [0.717, 1.165) is 38.2 Å². The van der Waals surface area contributed by atoms with Gasteiger partial charge in [0.15, 0.2) is 5.82 Å². The molecule has 0 aliphatic carbocycles. The van der Waals surface area contributed by atoms with Crippen LogP contribution < -0.4 is 5.32 Å². The number of rotatable bonds is 7. The number of carbonyl (C=O) groups excluding carboxylic acids is 1. The van der Waals surface area contributed by atoms with Gasteiger partial charge in [0.05, 0.1) is 12.6 Å². The second-order valence-electron chi connectivity index (χ2n) is 6.35. The second kappa shape index (κ2) is 8.62. The van der Waals surface area contributed by atoms with Gasteiger partial charge in [-0.05, 0) is 24.8 Å². The lowest BCUT2D eigenvalue weighted by Gasteiger charge is -2.21. The molecule has 7 nitrogen and oxygen atoms in total. The molecule has 134 valence electrons. The Kier molecular flexibility index (Phi) is 6.00. The van der Waals surface area contributed by atoms with Crippen molar-refractivity contribution < 1.29 is 9.53 Å². The van der Waals surface area contributed by atoms with Gasteiger partial charge in [0.1, 0.15) is 6.33 Å². The van der Waals surface area contributed by atoms with Crippen molar-refractivity contribution in [2.45, 2.75) is 38.5 Å². The summed E-state index contributed by atoms with van der Waals surface area (Å²) in [5, 5.41) is 11.0. The van der Waals surface area contributed by atoms with Crippen LogP contribution in [0.25, 0.3) is 0 Å². The standard InChI is InChI=1S/C18H25N5O2/c1-22(13-16-8-5-11-25-16)18(24)19-12-17-21-20-14-23(17)10-9-15-6-3-2-4-7-15/h2-4,6-7,14,16H,5,8-13H2,1H3,(H,19,24). The third kappa shape index (κ3) is 5.03. The number of likely N-dealkylation sites (N-methyl/N-ethyl adjacent to an activating group) is 1. The molecule has 0 bridgehead atoms. The zero-order chi connectivity index (χ0) is 17.5. The largest absolute Gasteiger partial charge is 0.376 e. The molecule has 1 aromatic carbocycles. The van der Waals surface area contributed by atoms with Crippen LogP contribution in [0.5, 0.6) is 0 Å². The number of carbonyl (C=O) groups is 1. The Morgan fingerprint density at radius 3 is 3.00 bits per heavy atom. The Morgan fingerprint density at radius 2 is 2.24 bits per heavy atom. The van der Waals surface area contributed by atoms with E-state index >= 15 is 0 Å². The van der Waals surface area contributed by atoms with Crippen LogP contribution in [0.15, 0.2) is 36.7 Å². The Labute approximate surface area is 148 Å². The lowest BCUT2D eigenvalue weighted by molar-refractivity contribution is 0.0874. The van der Waals surface area contributed by atoms with E-state index < -0.39 is 0 Å². The molecule has 25 heavy (non-hydrogen) atoms. The van der Waals surface area contributed by atoms with Crippen LogP contribution >= 0.6 is 0 Å². The van der Waals surface area contributed by atoms with Gasteiger partial charge in [-0.2, -0.15) is 0 Å². The van der Waals surface area contributed by atoms with Crippen molar-refractivity contribution in [3.8, 4) is 0 Å². The van der Waals surface area contributed by atoms with Gasteiger partial charge < -0.3 is 19.5 Å². The van der Waals surface area contributed by atoms with Crippen LogP contribution in [-0.4, -0.2) is 52.0 Å². The average molecular weight is 343 g/mol. The molecule has 1 aromatic heterocycles. The summed E-state index contributed by atoms with van der Waals surface area (Å²) < 4.78 is 7.55. The number of hydrogen-bond donors (Lipinski definition) is 1. The van der Waals surface area contributed by atoms with Crippen LogP contribution in [0.2, 0.25) is 0 Å². The summed E-state index contributed by atoms with van der Waals surface area (Å²) in [5.41, 5.74) is 1.27. The molecule has 3 rings (SSSR count). The second-order valence-corrected chi connectivity index (χ2v) is 6.35. The summed E-state index contributed by atoms with van der Waals surface area (Å²) in [5.74, 6) is 0.759. The van der Waals surface area contributed by atoms with Crippen molar-refractivity contribution in [2.24, 2.45) is 0 Å². The zero-order valence-electron chi connectivity index (χ0n) is 14.6. The fourth-order valence-electron chi connectivity index (χ4n) is 2.96. The monoisotopic (exact) mass is 343 g/mol. The molecule has 1 aliphatic rings. The van der Waals surface area contributed by atoms with Gasteiger partial charge in [0.25, 0.3) is 0 Å². The van der Waals surface area contributed by atoms with Crippen molar-refractivity contribution in [2.75, 3.05) is 20.2 Å². The molecule has 2 heterocycles. The molecule has 1 atom stereocenters. The number of aromatic nitrogens is 3. The average Bonchev–Trinajstić information content (AvgIpc) is 3.30. The van der Waals surface area contributed by atoms with Crippen molar-refractivity contribution >= 4 is 6.03 Å². The first-order chi connectivity index (χ1) is 12.2. The fourth-order valence-corrected chi connectivity index (χ4v) is 2.96. The topological polar surface area (TPSA) is 72.3 Å². The van der Waals surface area contributed by atoms with Crippen LogP contribution in [0.4, 0.5) is 4.79 Å². The summed E-state index contributed by atoms with van der Waals surface area (Å²) in [4.78, 5) is 13.9. The first kappa shape index (κ1) is 17.4. The Morgan fingerprint density at radius 1 is 1.40 bits per heavy atom. The SMILES string of the molecule is CN(CC1CCCO1)C(=O)NCc1nncn1CCc1ccccc1. The molecule has 7 heteroatoms. The third-order valence-electron chi connectivity index (χ3n) is 4.43. The van der Waals surface area contributed by atoms with Crippen molar-refractivity contribution in [3.63, 3.8) is 0 Å². The van der Waals surface area contributed by atoms with Gasteiger partial charge in [-0.25, -0.2) is 4.79 Å². The molecular formula is C18H25N5O2. The van der Waals surface area contributed by atoms with E-state index in [1.165, 1.54) is 5.56 Å².